The third-order valence-corrected chi connectivity index (χ3v) is 2.85. The number of esters is 2. The van der Waals surface area contributed by atoms with Gasteiger partial charge in [-0.05, 0) is 5.56 Å². The van der Waals surface area contributed by atoms with Gasteiger partial charge in [0.05, 0.1) is 0 Å². The molecular formula is C17H13O5. The average molecular weight is 297 g/mol. The van der Waals surface area contributed by atoms with Crippen LogP contribution < -0.4 is 0 Å². The predicted octanol–water partition coefficient (Wildman–Crippen LogP) is 2.12. The van der Waals surface area contributed by atoms with Crippen molar-refractivity contribution in [3.05, 3.63) is 71.8 Å². The summed E-state index contributed by atoms with van der Waals surface area (Å²) in [5.41, 5.74) is 1.22. The van der Waals surface area contributed by atoms with Gasteiger partial charge in [0.1, 0.15) is 6.61 Å². The number of carbonyl (C=O) groups excluding carboxylic acids is 3. The summed E-state index contributed by atoms with van der Waals surface area (Å²) in [6.07, 6.45) is -0.218. The van der Waals surface area contributed by atoms with E-state index in [0.29, 0.717) is 5.56 Å². The van der Waals surface area contributed by atoms with E-state index in [1.165, 1.54) is 0 Å². The normalized spacial score (nSPS) is 11.3. The molecule has 0 fully saturated rings. The number of benzene rings is 2. The first-order valence-corrected chi connectivity index (χ1v) is 6.55. The van der Waals surface area contributed by atoms with Crippen LogP contribution >= 0.6 is 0 Å². The molecule has 22 heavy (non-hydrogen) atoms. The Hall–Kier alpha value is -2.95. The van der Waals surface area contributed by atoms with Crippen molar-refractivity contribution in [1.29, 1.82) is 0 Å². The van der Waals surface area contributed by atoms with Crippen LogP contribution in [-0.4, -0.2) is 18.2 Å². The fourth-order valence-electron chi connectivity index (χ4n) is 1.82. The smallest absolute Gasteiger partial charge is 0.384 e. The molecule has 0 spiro atoms. The lowest BCUT2D eigenvalue weighted by atomic mass is 10.1. The summed E-state index contributed by atoms with van der Waals surface area (Å²) in [5.74, 6) is -2.00. The number of carbonyl (C=O) groups is 2. The summed E-state index contributed by atoms with van der Waals surface area (Å²) in [7, 11) is 0. The van der Waals surface area contributed by atoms with Gasteiger partial charge in [-0.25, -0.2) is 9.59 Å². The number of hydrogen-bond acceptors (Lipinski definition) is 5. The van der Waals surface area contributed by atoms with Gasteiger partial charge in [0, 0.05) is 5.56 Å². The third kappa shape index (κ3) is 4.28. The quantitative estimate of drug-likeness (QED) is 0.603. The van der Waals surface area contributed by atoms with Gasteiger partial charge in [-0.1, -0.05) is 60.7 Å². The van der Waals surface area contributed by atoms with Crippen LogP contribution in [0.3, 0.4) is 0 Å². The van der Waals surface area contributed by atoms with Gasteiger partial charge in [-0.2, -0.15) is 0 Å². The summed E-state index contributed by atoms with van der Waals surface area (Å²) in [4.78, 5) is 33.6. The third-order valence-electron chi connectivity index (χ3n) is 2.85. The van der Waals surface area contributed by atoms with Crippen molar-refractivity contribution in [2.75, 3.05) is 0 Å². The maximum Gasteiger partial charge on any atom is 0.384 e. The van der Waals surface area contributed by atoms with E-state index in [1.807, 2.05) is 18.2 Å². The molecule has 1 radical (unpaired) electrons. The minimum absolute atomic E-state index is 0.0470. The molecule has 2 rings (SSSR count). The van der Waals surface area contributed by atoms with Crippen LogP contribution in [0.25, 0.3) is 0 Å². The van der Waals surface area contributed by atoms with Crippen molar-refractivity contribution in [2.45, 2.75) is 12.7 Å². The van der Waals surface area contributed by atoms with Crippen LogP contribution in [-0.2, 0) is 30.5 Å². The van der Waals surface area contributed by atoms with Crippen LogP contribution in [0.5, 0.6) is 0 Å². The molecule has 0 amide bonds. The maximum atomic E-state index is 12.1. The van der Waals surface area contributed by atoms with E-state index >= 15 is 0 Å². The maximum absolute atomic E-state index is 12.1. The highest BCUT2D eigenvalue weighted by atomic mass is 16.6. The van der Waals surface area contributed by atoms with E-state index in [9.17, 15) is 14.4 Å². The molecule has 0 N–H and O–H groups in total. The molecule has 0 saturated heterocycles. The fraction of sp³-hybridized carbons (Fsp3) is 0.118. The Balaban J connectivity index is 2.09. The monoisotopic (exact) mass is 297 g/mol. The van der Waals surface area contributed by atoms with E-state index < -0.39 is 18.0 Å². The van der Waals surface area contributed by atoms with Crippen LogP contribution in [0.1, 0.15) is 17.2 Å². The van der Waals surface area contributed by atoms with E-state index in [4.69, 9.17) is 9.47 Å². The Kier molecular flexibility index (Phi) is 5.43. The van der Waals surface area contributed by atoms with E-state index in [2.05, 4.69) is 0 Å². The first-order chi connectivity index (χ1) is 10.7. The summed E-state index contributed by atoms with van der Waals surface area (Å²) >= 11 is 0. The highest BCUT2D eigenvalue weighted by molar-refractivity contribution is 6.21. The number of hydrogen-bond donors (Lipinski definition) is 0. The molecular weight excluding hydrogens is 284 g/mol. The molecule has 2 aromatic carbocycles. The molecule has 0 bridgehead atoms. The Labute approximate surface area is 127 Å². The number of ether oxygens (including phenoxy) is 2. The van der Waals surface area contributed by atoms with Crippen molar-refractivity contribution >= 4 is 18.2 Å². The highest BCUT2D eigenvalue weighted by Gasteiger charge is 2.26. The second-order valence-electron chi connectivity index (χ2n) is 4.39. The molecule has 0 aromatic heterocycles. The zero-order valence-corrected chi connectivity index (χ0v) is 11.6. The van der Waals surface area contributed by atoms with Crippen molar-refractivity contribution in [1.82, 2.24) is 0 Å². The van der Waals surface area contributed by atoms with Gasteiger partial charge in [0.2, 0.25) is 6.10 Å². The standard InChI is InChI=1S/C17H13O5/c18-11-15(19)22-16(14-9-5-2-6-10-14)17(20)21-12-13-7-3-1-4-8-13/h1-10,16H,12H2. The molecule has 0 aliphatic heterocycles. The van der Waals surface area contributed by atoms with Gasteiger partial charge >= 0.3 is 18.2 Å². The molecule has 0 aliphatic rings. The van der Waals surface area contributed by atoms with Gasteiger partial charge in [-0.15, -0.1) is 0 Å². The molecule has 2 aromatic rings. The Morgan fingerprint density at radius 3 is 2.14 bits per heavy atom. The summed E-state index contributed by atoms with van der Waals surface area (Å²) in [6, 6.07) is 17.4. The largest absolute Gasteiger partial charge is 0.458 e. The summed E-state index contributed by atoms with van der Waals surface area (Å²) < 4.78 is 9.94. The zero-order valence-electron chi connectivity index (χ0n) is 11.6. The van der Waals surface area contributed by atoms with Gasteiger partial charge in [0.15, 0.2) is 0 Å². The SMILES string of the molecule is O=[C]C(=O)OC(C(=O)OCc1ccccc1)c1ccccc1. The van der Waals surface area contributed by atoms with Crippen molar-refractivity contribution in [3.8, 4) is 0 Å². The fourth-order valence-corrected chi connectivity index (χ4v) is 1.82. The molecule has 111 valence electrons. The minimum atomic E-state index is -1.29. The van der Waals surface area contributed by atoms with Gasteiger partial charge in [0.25, 0.3) is 0 Å². The highest BCUT2D eigenvalue weighted by Crippen LogP contribution is 2.19. The first kappa shape index (κ1) is 15.4. The molecule has 0 saturated carbocycles. The second kappa shape index (κ2) is 7.73. The molecule has 5 nitrogen and oxygen atoms in total. The molecule has 0 heterocycles. The average Bonchev–Trinajstić information content (AvgIpc) is 2.59. The second-order valence-corrected chi connectivity index (χ2v) is 4.39. The van der Waals surface area contributed by atoms with E-state index in [-0.39, 0.29) is 6.61 Å². The van der Waals surface area contributed by atoms with Crippen LogP contribution in [0, 0.1) is 0 Å². The topological polar surface area (TPSA) is 69.7 Å². The lowest BCUT2D eigenvalue weighted by Gasteiger charge is -2.15. The molecule has 0 aliphatic carbocycles. The minimum Gasteiger partial charge on any atom is -0.458 e. The van der Waals surface area contributed by atoms with Crippen molar-refractivity contribution in [3.63, 3.8) is 0 Å². The predicted molar refractivity (Wildman–Crippen MR) is 77.2 cm³/mol. The number of rotatable bonds is 6. The first-order valence-electron chi connectivity index (χ1n) is 6.55. The molecule has 1 atom stereocenters. The Bertz CT molecular complexity index is 637. The van der Waals surface area contributed by atoms with Crippen molar-refractivity contribution < 1.29 is 23.9 Å². The molecule has 1 unspecified atom stereocenters. The van der Waals surface area contributed by atoms with Crippen LogP contribution in [0.15, 0.2) is 60.7 Å². The van der Waals surface area contributed by atoms with Gasteiger partial charge in [-0.3, -0.25) is 4.79 Å². The Morgan fingerprint density at radius 2 is 1.55 bits per heavy atom. The summed E-state index contributed by atoms with van der Waals surface area (Å²) in [6.45, 7) is 0.0470. The van der Waals surface area contributed by atoms with E-state index in [1.54, 1.807) is 42.5 Å². The van der Waals surface area contributed by atoms with Crippen LogP contribution in [0.4, 0.5) is 0 Å². The van der Waals surface area contributed by atoms with Gasteiger partial charge < -0.3 is 9.47 Å². The lowest BCUT2D eigenvalue weighted by molar-refractivity contribution is -0.165. The zero-order chi connectivity index (χ0) is 15.8. The molecule has 5 heteroatoms. The summed E-state index contributed by atoms with van der Waals surface area (Å²) in [5, 5.41) is 0. The van der Waals surface area contributed by atoms with Crippen molar-refractivity contribution in [2.24, 2.45) is 0 Å². The lowest BCUT2D eigenvalue weighted by Crippen LogP contribution is -2.22. The van der Waals surface area contributed by atoms with E-state index in [0.717, 1.165) is 11.8 Å². The Morgan fingerprint density at radius 1 is 0.955 bits per heavy atom. The van der Waals surface area contributed by atoms with Crippen LogP contribution in [0.2, 0.25) is 0 Å².